The standard InChI is InChI=1S/C12H24N6/c1-13-10(9-11-14-16-18(4)15-11)12(17(2)3)7-5-6-8-12/h10,13H,5-9H2,1-4H3. The molecule has 1 unspecified atom stereocenters. The minimum atomic E-state index is 0.230. The van der Waals surface area contributed by atoms with E-state index in [1.165, 1.54) is 30.5 Å². The summed E-state index contributed by atoms with van der Waals surface area (Å²) in [7, 11) is 8.20. The van der Waals surface area contributed by atoms with Crippen molar-refractivity contribution in [2.75, 3.05) is 21.1 Å². The number of hydrogen-bond acceptors (Lipinski definition) is 5. The van der Waals surface area contributed by atoms with Crippen LogP contribution in [0.5, 0.6) is 0 Å². The van der Waals surface area contributed by atoms with Crippen molar-refractivity contribution in [1.82, 2.24) is 30.4 Å². The molecule has 6 nitrogen and oxygen atoms in total. The molecule has 6 heteroatoms. The quantitative estimate of drug-likeness (QED) is 0.812. The van der Waals surface area contributed by atoms with Gasteiger partial charge in [-0.05, 0) is 39.2 Å². The summed E-state index contributed by atoms with van der Waals surface area (Å²) in [5.41, 5.74) is 0.230. The Balaban J connectivity index is 2.16. The van der Waals surface area contributed by atoms with E-state index in [0.717, 1.165) is 12.2 Å². The highest BCUT2D eigenvalue weighted by Crippen LogP contribution is 2.37. The van der Waals surface area contributed by atoms with E-state index in [0.29, 0.717) is 6.04 Å². The lowest BCUT2D eigenvalue weighted by atomic mass is 9.84. The van der Waals surface area contributed by atoms with Gasteiger partial charge in [-0.15, -0.1) is 10.2 Å². The SMILES string of the molecule is CNC(Cc1nnn(C)n1)C1(N(C)C)CCCC1. The second-order valence-electron chi connectivity index (χ2n) is 5.45. The van der Waals surface area contributed by atoms with Gasteiger partial charge >= 0.3 is 0 Å². The topological polar surface area (TPSA) is 58.9 Å². The average molecular weight is 252 g/mol. The maximum atomic E-state index is 4.30. The van der Waals surface area contributed by atoms with Crippen LogP contribution in [0.3, 0.4) is 0 Å². The normalized spacial score (nSPS) is 20.5. The Morgan fingerprint density at radius 3 is 2.50 bits per heavy atom. The molecule has 0 radical (unpaired) electrons. The van der Waals surface area contributed by atoms with Gasteiger partial charge in [-0.3, -0.25) is 0 Å². The van der Waals surface area contributed by atoms with Crippen molar-refractivity contribution in [2.45, 2.75) is 43.7 Å². The zero-order valence-corrected chi connectivity index (χ0v) is 11.8. The third kappa shape index (κ3) is 2.40. The van der Waals surface area contributed by atoms with Crippen molar-refractivity contribution in [3.05, 3.63) is 5.82 Å². The number of nitrogens with zero attached hydrogens (tertiary/aromatic N) is 5. The van der Waals surface area contributed by atoms with Crippen molar-refractivity contribution in [3.63, 3.8) is 0 Å². The van der Waals surface area contributed by atoms with Gasteiger partial charge < -0.3 is 10.2 Å². The molecule has 1 N–H and O–H groups in total. The molecule has 1 atom stereocenters. The molecule has 0 saturated heterocycles. The largest absolute Gasteiger partial charge is 0.315 e. The lowest BCUT2D eigenvalue weighted by Crippen LogP contribution is -2.57. The van der Waals surface area contributed by atoms with E-state index < -0.39 is 0 Å². The first-order valence-corrected chi connectivity index (χ1v) is 6.66. The van der Waals surface area contributed by atoms with Gasteiger partial charge in [-0.25, -0.2) is 0 Å². The molecular weight excluding hydrogens is 228 g/mol. The number of rotatable bonds is 5. The Morgan fingerprint density at radius 2 is 2.06 bits per heavy atom. The molecule has 0 aromatic carbocycles. The average Bonchev–Trinajstić information content (AvgIpc) is 2.95. The smallest absolute Gasteiger partial charge is 0.176 e. The molecule has 1 aliphatic rings. The number of aryl methyl sites for hydroxylation is 1. The molecule has 0 bridgehead atoms. The van der Waals surface area contributed by atoms with Crippen molar-refractivity contribution >= 4 is 0 Å². The van der Waals surface area contributed by atoms with Gasteiger partial charge in [-0.2, -0.15) is 4.80 Å². The van der Waals surface area contributed by atoms with Crippen LogP contribution in [0.25, 0.3) is 0 Å². The lowest BCUT2D eigenvalue weighted by molar-refractivity contribution is 0.107. The fraction of sp³-hybridized carbons (Fsp3) is 0.917. The molecule has 0 aliphatic heterocycles. The molecule has 102 valence electrons. The molecule has 1 aliphatic carbocycles. The zero-order valence-electron chi connectivity index (χ0n) is 11.8. The fourth-order valence-corrected chi connectivity index (χ4v) is 3.24. The predicted octanol–water partition coefficient (Wildman–Crippen LogP) is 0.215. The summed E-state index contributed by atoms with van der Waals surface area (Å²) in [5.74, 6) is 0.824. The summed E-state index contributed by atoms with van der Waals surface area (Å²) in [6.45, 7) is 0. The van der Waals surface area contributed by atoms with Crippen LogP contribution in [-0.2, 0) is 13.5 Å². The number of likely N-dealkylation sites (N-methyl/N-ethyl adjacent to an activating group) is 2. The summed E-state index contributed by atoms with van der Waals surface area (Å²) in [6, 6.07) is 0.374. The Labute approximate surface area is 109 Å². The second kappa shape index (κ2) is 5.32. The van der Waals surface area contributed by atoms with Gasteiger partial charge in [0.25, 0.3) is 0 Å². The molecule has 18 heavy (non-hydrogen) atoms. The van der Waals surface area contributed by atoms with E-state index in [1.807, 2.05) is 14.1 Å². The minimum absolute atomic E-state index is 0.230. The van der Waals surface area contributed by atoms with E-state index in [1.54, 1.807) is 0 Å². The van der Waals surface area contributed by atoms with E-state index in [2.05, 4.69) is 39.7 Å². The summed E-state index contributed by atoms with van der Waals surface area (Å²) in [4.78, 5) is 3.90. The first-order chi connectivity index (χ1) is 8.58. The van der Waals surface area contributed by atoms with Crippen LogP contribution in [0.15, 0.2) is 0 Å². The molecule has 2 rings (SSSR count). The molecule has 1 fully saturated rings. The molecule has 1 saturated carbocycles. The first kappa shape index (κ1) is 13.4. The Kier molecular flexibility index (Phi) is 3.97. The monoisotopic (exact) mass is 252 g/mol. The Hall–Kier alpha value is -1.01. The van der Waals surface area contributed by atoms with Crippen LogP contribution in [0.2, 0.25) is 0 Å². The lowest BCUT2D eigenvalue weighted by Gasteiger charge is -2.43. The molecule has 0 spiro atoms. The molecule has 1 heterocycles. The van der Waals surface area contributed by atoms with Crippen molar-refractivity contribution in [1.29, 1.82) is 0 Å². The number of nitrogens with one attached hydrogen (secondary N) is 1. The summed E-state index contributed by atoms with van der Waals surface area (Å²) in [5, 5.41) is 15.8. The van der Waals surface area contributed by atoms with Crippen molar-refractivity contribution < 1.29 is 0 Å². The van der Waals surface area contributed by atoms with Gasteiger partial charge in [-0.1, -0.05) is 12.8 Å². The van der Waals surface area contributed by atoms with Crippen LogP contribution in [0.1, 0.15) is 31.5 Å². The molecule has 0 amide bonds. The van der Waals surface area contributed by atoms with E-state index in [4.69, 9.17) is 0 Å². The van der Waals surface area contributed by atoms with Crippen LogP contribution >= 0.6 is 0 Å². The minimum Gasteiger partial charge on any atom is -0.315 e. The van der Waals surface area contributed by atoms with E-state index in [9.17, 15) is 0 Å². The highest BCUT2D eigenvalue weighted by Gasteiger charge is 2.42. The Morgan fingerprint density at radius 1 is 1.39 bits per heavy atom. The van der Waals surface area contributed by atoms with Gasteiger partial charge in [0.05, 0.1) is 7.05 Å². The number of hydrogen-bond donors (Lipinski definition) is 1. The van der Waals surface area contributed by atoms with E-state index in [-0.39, 0.29) is 5.54 Å². The van der Waals surface area contributed by atoms with Crippen LogP contribution in [-0.4, -0.2) is 57.8 Å². The van der Waals surface area contributed by atoms with E-state index >= 15 is 0 Å². The third-order valence-electron chi connectivity index (χ3n) is 4.29. The van der Waals surface area contributed by atoms with Crippen LogP contribution in [0, 0.1) is 0 Å². The van der Waals surface area contributed by atoms with Crippen LogP contribution in [0.4, 0.5) is 0 Å². The molecule has 1 aromatic rings. The Bertz CT molecular complexity index is 380. The predicted molar refractivity (Wildman–Crippen MR) is 70.2 cm³/mol. The summed E-state index contributed by atoms with van der Waals surface area (Å²) < 4.78 is 0. The van der Waals surface area contributed by atoms with Gasteiger partial charge in [0.15, 0.2) is 5.82 Å². The van der Waals surface area contributed by atoms with Crippen LogP contribution < -0.4 is 5.32 Å². The highest BCUT2D eigenvalue weighted by molar-refractivity contribution is 5.04. The maximum absolute atomic E-state index is 4.30. The number of tetrazole rings is 1. The highest BCUT2D eigenvalue weighted by atomic mass is 15.6. The van der Waals surface area contributed by atoms with Crippen molar-refractivity contribution in [3.8, 4) is 0 Å². The summed E-state index contributed by atoms with van der Waals surface area (Å²) in [6.07, 6.45) is 5.94. The molecular formula is C12H24N6. The number of aromatic nitrogens is 4. The molecule has 1 aromatic heterocycles. The van der Waals surface area contributed by atoms with Gasteiger partial charge in [0.1, 0.15) is 0 Å². The zero-order chi connectivity index (χ0) is 13.2. The van der Waals surface area contributed by atoms with Crippen molar-refractivity contribution in [2.24, 2.45) is 7.05 Å². The first-order valence-electron chi connectivity index (χ1n) is 6.66. The fourth-order valence-electron chi connectivity index (χ4n) is 3.24. The van der Waals surface area contributed by atoms with Gasteiger partial charge in [0.2, 0.25) is 0 Å². The third-order valence-corrected chi connectivity index (χ3v) is 4.29. The second-order valence-corrected chi connectivity index (χ2v) is 5.45. The van der Waals surface area contributed by atoms with Gasteiger partial charge in [0, 0.05) is 18.0 Å². The summed E-state index contributed by atoms with van der Waals surface area (Å²) >= 11 is 0. The maximum Gasteiger partial charge on any atom is 0.176 e.